The van der Waals surface area contributed by atoms with Crippen LogP contribution < -0.4 is 4.74 Å². The van der Waals surface area contributed by atoms with E-state index in [0.717, 1.165) is 46.4 Å². The maximum Gasteiger partial charge on any atom is 0.137 e. The van der Waals surface area contributed by atoms with Crippen LogP contribution >= 0.6 is 0 Å². The zero-order valence-corrected chi connectivity index (χ0v) is 19.3. The molecule has 0 aliphatic carbocycles. The Bertz CT molecular complexity index is 1170. The van der Waals surface area contributed by atoms with Crippen LogP contribution in [0.15, 0.2) is 78.9 Å². The van der Waals surface area contributed by atoms with Crippen LogP contribution in [0.3, 0.4) is 0 Å². The van der Waals surface area contributed by atoms with Crippen molar-refractivity contribution in [1.82, 2.24) is 14.9 Å². The Hall–Kier alpha value is -3.41. The normalized spacial score (nSPS) is 13.9. The molecule has 0 radical (unpaired) electrons. The summed E-state index contributed by atoms with van der Waals surface area (Å²) in [6.45, 7) is 3.67. The van der Waals surface area contributed by atoms with Gasteiger partial charge in [-0.2, -0.15) is 0 Å². The minimum absolute atomic E-state index is 0.130. The predicted molar refractivity (Wildman–Crippen MR) is 132 cm³/mol. The van der Waals surface area contributed by atoms with Crippen molar-refractivity contribution in [2.75, 3.05) is 27.2 Å². The van der Waals surface area contributed by atoms with E-state index in [1.54, 1.807) is 0 Å². The number of rotatable bonds is 7. The van der Waals surface area contributed by atoms with Crippen LogP contribution in [0.1, 0.15) is 30.3 Å². The fourth-order valence-electron chi connectivity index (χ4n) is 4.30. The molecule has 1 aliphatic rings. The molecule has 5 heteroatoms. The fraction of sp³-hybridized carbons (Fsp3) is 0.250. The average molecular weight is 440 g/mol. The van der Waals surface area contributed by atoms with Gasteiger partial charge in [0.1, 0.15) is 29.1 Å². The SMILES string of the molecule is CC(c1ccccc1)C(OCCN(C)C)c1nc2c([nH]1)-c1ccccc1Oc1ccccc1-2. The highest BCUT2D eigenvalue weighted by Gasteiger charge is 2.30. The van der Waals surface area contributed by atoms with E-state index >= 15 is 0 Å². The number of benzene rings is 3. The van der Waals surface area contributed by atoms with E-state index in [-0.39, 0.29) is 12.0 Å². The van der Waals surface area contributed by atoms with Gasteiger partial charge in [0, 0.05) is 23.6 Å². The number of para-hydroxylation sites is 2. The van der Waals surface area contributed by atoms with Crippen molar-refractivity contribution in [3.63, 3.8) is 0 Å². The molecule has 0 amide bonds. The van der Waals surface area contributed by atoms with Crippen molar-refractivity contribution in [3.05, 3.63) is 90.3 Å². The first-order valence-corrected chi connectivity index (χ1v) is 11.4. The zero-order valence-electron chi connectivity index (χ0n) is 19.3. The maximum absolute atomic E-state index is 6.47. The van der Waals surface area contributed by atoms with Crippen LogP contribution in [0, 0.1) is 0 Å². The van der Waals surface area contributed by atoms with Crippen LogP contribution in [0.5, 0.6) is 11.5 Å². The monoisotopic (exact) mass is 439 g/mol. The van der Waals surface area contributed by atoms with E-state index in [0.29, 0.717) is 6.61 Å². The molecule has 0 spiro atoms. The van der Waals surface area contributed by atoms with Crippen molar-refractivity contribution >= 4 is 0 Å². The number of likely N-dealkylation sites (N-methyl/N-ethyl adjacent to an activating group) is 1. The van der Waals surface area contributed by atoms with Gasteiger partial charge < -0.3 is 19.4 Å². The van der Waals surface area contributed by atoms with Crippen LogP contribution in [0.4, 0.5) is 0 Å². The number of hydrogen-bond donors (Lipinski definition) is 1. The molecule has 168 valence electrons. The van der Waals surface area contributed by atoms with Crippen molar-refractivity contribution in [3.8, 4) is 34.0 Å². The Morgan fingerprint density at radius 1 is 0.879 bits per heavy atom. The first-order valence-electron chi connectivity index (χ1n) is 11.4. The molecule has 2 unspecified atom stereocenters. The average Bonchev–Trinajstić information content (AvgIpc) is 3.22. The number of hydrogen-bond acceptors (Lipinski definition) is 4. The van der Waals surface area contributed by atoms with Gasteiger partial charge in [-0.15, -0.1) is 0 Å². The highest BCUT2D eigenvalue weighted by Crippen LogP contribution is 2.46. The summed E-state index contributed by atoms with van der Waals surface area (Å²) in [6, 6.07) is 26.7. The third-order valence-electron chi connectivity index (χ3n) is 6.13. The molecular formula is C28H29N3O2. The lowest BCUT2D eigenvalue weighted by Crippen LogP contribution is -2.22. The molecule has 5 rings (SSSR count). The second-order valence-corrected chi connectivity index (χ2v) is 8.73. The summed E-state index contributed by atoms with van der Waals surface area (Å²) in [5, 5.41) is 0. The molecule has 5 nitrogen and oxygen atoms in total. The van der Waals surface area contributed by atoms with Gasteiger partial charge in [0.05, 0.1) is 12.3 Å². The van der Waals surface area contributed by atoms with E-state index in [2.05, 4.69) is 67.3 Å². The topological polar surface area (TPSA) is 50.4 Å². The fourth-order valence-corrected chi connectivity index (χ4v) is 4.30. The third kappa shape index (κ3) is 4.30. The van der Waals surface area contributed by atoms with E-state index < -0.39 is 0 Å². The molecule has 1 N–H and O–H groups in total. The number of nitrogens with one attached hydrogen (secondary N) is 1. The van der Waals surface area contributed by atoms with Crippen LogP contribution in [0.25, 0.3) is 22.5 Å². The molecule has 0 saturated heterocycles. The number of aromatic amines is 1. The molecule has 0 fully saturated rings. The Labute approximate surface area is 195 Å². The van der Waals surface area contributed by atoms with Crippen LogP contribution in [-0.4, -0.2) is 42.1 Å². The predicted octanol–water partition coefficient (Wildman–Crippen LogP) is 6.27. The molecular weight excluding hydrogens is 410 g/mol. The smallest absolute Gasteiger partial charge is 0.137 e. The summed E-state index contributed by atoms with van der Waals surface area (Å²) >= 11 is 0. The summed E-state index contributed by atoms with van der Waals surface area (Å²) in [5.41, 5.74) is 5.06. The van der Waals surface area contributed by atoms with Crippen molar-refractivity contribution < 1.29 is 9.47 Å². The van der Waals surface area contributed by atoms with Crippen LogP contribution in [0.2, 0.25) is 0 Å². The number of imidazole rings is 1. The van der Waals surface area contributed by atoms with Crippen molar-refractivity contribution in [2.45, 2.75) is 18.9 Å². The first kappa shape index (κ1) is 21.4. The van der Waals surface area contributed by atoms with Gasteiger partial charge in [-0.1, -0.05) is 61.5 Å². The molecule has 33 heavy (non-hydrogen) atoms. The maximum atomic E-state index is 6.47. The number of fused-ring (bicyclic) bond motifs is 5. The zero-order chi connectivity index (χ0) is 22.8. The Kier molecular flexibility index (Phi) is 5.99. The third-order valence-corrected chi connectivity index (χ3v) is 6.13. The first-order chi connectivity index (χ1) is 16.1. The lowest BCUT2D eigenvalue weighted by molar-refractivity contribution is 0.0237. The second-order valence-electron chi connectivity index (χ2n) is 8.73. The van der Waals surface area contributed by atoms with E-state index in [1.807, 2.05) is 42.5 Å². The Balaban J connectivity index is 1.61. The largest absolute Gasteiger partial charge is 0.456 e. The number of H-pyrrole nitrogens is 1. The lowest BCUT2D eigenvalue weighted by atomic mass is 9.95. The molecule has 2 heterocycles. The van der Waals surface area contributed by atoms with E-state index in [9.17, 15) is 0 Å². The van der Waals surface area contributed by atoms with Crippen molar-refractivity contribution in [2.24, 2.45) is 0 Å². The summed E-state index contributed by atoms with van der Waals surface area (Å²) in [5.74, 6) is 2.59. The Morgan fingerprint density at radius 3 is 2.24 bits per heavy atom. The summed E-state index contributed by atoms with van der Waals surface area (Å²) < 4.78 is 12.7. The number of aromatic nitrogens is 2. The standard InChI is InChI=1S/C28H29N3O2/c1-19(20-11-5-4-6-12-20)27(32-18-17-31(2)3)28-29-25-21-13-7-9-15-23(21)33-24-16-10-8-14-22(24)26(25)30-28/h4-16,19,27H,17-18H2,1-3H3,(H,29,30). The van der Waals surface area contributed by atoms with Gasteiger partial charge in [-0.05, 0) is 43.9 Å². The minimum atomic E-state index is -0.209. The highest BCUT2D eigenvalue weighted by molar-refractivity contribution is 5.86. The van der Waals surface area contributed by atoms with E-state index in [1.165, 1.54) is 5.56 Å². The number of ether oxygens (including phenoxy) is 2. The summed E-state index contributed by atoms with van der Waals surface area (Å²) in [6.07, 6.45) is -0.209. The second kappa shape index (κ2) is 9.22. The van der Waals surface area contributed by atoms with Crippen LogP contribution in [-0.2, 0) is 4.74 Å². The van der Waals surface area contributed by atoms with Gasteiger partial charge in [0.15, 0.2) is 0 Å². The van der Waals surface area contributed by atoms with E-state index in [4.69, 9.17) is 14.5 Å². The summed E-state index contributed by atoms with van der Waals surface area (Å²) in [7, 11) is 4.11. The van der Waals surface area contributed by atoms with Gasteiger partial charge in [-0.25, -0.2) is 4.98 Å². The quantitative estimate of drug-likeness (QED) is 0.325. The molecule has 0 bridgehead atoms. The Morgan fingerprint density at radius 2 is 1.52 bits per heavy atom. The van der Waals surface area contributed by atoms with Gasteiger partial charge >= 0.3 is 0 Å². The summed E-state index contributed by atoms with van der Waals surface area (Å²) in [4.78, 5) is 10.9. The minimum Gasteiger partial charge on any atom is -0.456 e. The molecule has 1 aliphatic heterocycles. The van der Waals surface area contributed by atoms with Gasteiger partial charge in [0.25, 0.3) is 0 Å². The van der Waals surface area contributed by atoms with Crippen molar-refractivity contribution in [1.29, 1.82) is 0 Å². The molecule has 1 aromatic heterocycles. The molecule has 3 aromatic carbocycles. The molecule has 2 atom stereocenters. The highest BCUT2D eigenvalue weighted by atomic mass is 16.5. The lowest BCUT2D eigenvalue weighted by Gasteiger charge is -2.24. The number of nitrogens with zero attached hydrogens (tertiary/aromatic N) is 2. The van der Waals surface area contributed by atoms with Gasteiger partial charge in [0.2, 0.25) is 0 Å². The molecule has 0 saturated carbocycles. The molecule has 4 aromatic rings. The van der Waals surface area contributed by atoms with Gasteiger partial charge in [-0.3, -0.25) is 0 Å².